The van der Waals surface area contributed by atoms with E-state index in [-0.39, 0.29) is 5.91 Å². The third-order valence-electron chi connectivity index (χ3n) is 2.78. The number of rotatable bonds is 4. The monoisotopic (exact) mass is 255 g/mol. The van der Waals surface area contributed by atoms with Crippen LogP contribution >= 0.6 is 0 Å². The van der Waals surface area contributed by atoms with Crippen LogP contribution in [0.25, 0.3) is 0 Å². The van der Waals surface area contributed by atoms with Gasteiger partial charge in [-0.2, -0.15) is 0 Å². The molecule has 2 aromatic rings. The van der Waals surface area contributed by atoms with Gasteiger partial charge in [-0.05, 0) is 30.3 Å². The van der Waals surface area contributed by atoms with Gasteiger partial charge in [0.2, 0.25) is 0 Å². The van der Waals surface area contributed by atoms with Crippen molar-refractivity contribution in [2.45, 2.75) is 6.54 Å². The van der Waals surface area contributed by atoms with Gasteiger partial charge in [0.15, 0.2) is 0 Å². The summed E-state index contributed by atoms with van der Waals surface area (Å²) in [6.45, 7) is 0.436. The van der Waals surface area contributed by atoms with Crippen LogP contribution in [0.4, 0.5) is 5.69 Å². The van der Waals surface area contributed by atoms with E-state index in [1.807, 2.05) is 55.4 Å². The first-order valence-electron chi connectivity index (χ1n) is 6.12. The van der Waals surface area contributed by atoms with E-state index in [1.54, 1.807) is 12.3 Å². The molecule has 19 heavy (non-hydrogen) atoms. The lowest BCUT2D eigenvalue weighted by Crippen LogP contribution is -2.23. The van der Waals surface area contributed by atoms with Crippen LogP contribution in [0.15, 0.2) is 48.7 Å². The van der Waals surface area contributed by atoms with Gasteiger partial charge in [-0.15, -0.1) is 0 Å². The summed E-state index contributed by atoms with van der Waals surface area (Å²) in [7, 11) is 3.90. The molecule has 1 N–H and O–H groups in total. The van der Waals surface area contributed by atoms with E-state index in [9.17, 15) is 4.79 Å². The Morgan fingerprint density at radius 1 is 1.21 bits per heavy atom. The number of pyridine rings is 1. The molecule has 98 valence electrons. The molecule has 0 atom stereocenters. The molecule has 0 saturated carbocycles. The Morgan fingerprint density at radius 2 is 2.05 bits per heavy atom. The van der Waals surface area contributed by atoms with Gasteiger partial charge < -0.3 is 10.2 Å². The molecule has 0 radical (unpaired) electrons. The minimum atomic E-state index is -0.0886. The number of anilines is 1. The Balaban J connectivity index is 2.02. The molecule has 1 heterocycles. The number of hydrogen-bond acceptors (Lipinski definition) is 3. The van der Waals surface area contributed by atoms with E-state index in [4.69, 9.17) is 0 Å². The fourth-order valence-corrected chi connectivity index (χ4v) is 1.70. The SMILES string of the molecule is CN(C)c1cccc(C(=O)NCc2ccccn2)c1. The summed E-state index contributed by atoms with van der Waals surface area (Å²) in [4.78, 5) is 18.2. The quantitative estimate of drug-likeness (QED) is 0.909. The fourth-order valence-electron chi connectivity index (χ4n) is 1.70. The van der Waals surface area contributed by atoms with Crippen molar-refractivity contribution < 1.29 is 4.79 Å². The molecule has 1 aromatic heterocycles. The third kappa shape index (κ3) is 3.55. The molecular formula is C15H17N3O. The van der Waals surface area contributed by atoms with Gasteiger partial charge in [-0.25, -0.2) is 0 Å². The molecule has 1 aromatic carbocycles. The van der Waals surface area contributed by atoms with Crippen LogP contribution in [0.3, 0.4) is 0 Å². The van der Waals surface area contributed by atoms with Crippen molar-refractivity contribution in [2.24, 2.45) is 0 Å². The van der Waals surface area contributed by atoms with E-state index in [0.717, 1.165) is 11.4 Å². The van der Waals surface area contributed by atoms with Crippen molar-refractivity contribution in [3.63, 3.8) is 0 Å². The van der Waals surface area contributed by atoms with E-state index in [2.05, 4.69) is 10.3 Å². The second-order valence-corrected chi connectivity index (χ2v) is 4.45. The molecule has 1 amide bonds. The van der Waals surface area contributed by atoms with Crippen LogP contribution in [0, 0.1) is 0 Å². The number of carbonyl (C=O) groups is 1. The summed E-state index contributed by atoms with van der Waals surface area (Å²) in [6, 6.07) is 13.2. The number of aromatic nitrogens is 1. The van der Waals surface area contributed by atoms with Crippen molar-refractivity contribution in [2.75, 3.05) is 19.0 Å². The smallest absolute Gasteiger partial charge is 0.251 e. The molecule has 0 aliphatic rings. The summed E-state index contributed by atoms with van der Waals surface area (Å²) in [5.41, 5.74) is 2.51. The standard InChI is InChI=1S/C15H17N3O/c1-18(2)14-8-5-6-12(10-14)15(19)17-11-13-7-3-4-9-16-13/h3-10H,11H2,1-2H3,(H,17,19). The van der Waals surface area contributed by atoms with E-state index < -0.39 is 0 Å². The van der Waals surface area contributed by atoms with Crippen LogP contribution in [-0.4, -0.2) is 25.0 Å². The number of nitrogens with zero attached hydrogens (tertiary/aromatic N) is 2. The minimum absolute atomic E-state index is 0.0886. The van der Waals surface area contributed by atoms with Crippen LogP contribution in [0.2, 0.25) is 0 Å². The van der Waals surface area contributed by atoms with Gasteiger partial charge in [0.25, 0.3) is 5.91 Å². The molecule has 0 fully saturated rings. The van der Waals surface area contributed by atoms with Gasteiger partial charge in [0.1, 0.15) is 0 Å². The molecule has 0 saturated heterocycles. The van der Waals surface area contributed by atoms with Gasteiger partial charge in [-0.1, -0.05) is 12.1 Å². The first kappa shape index (κ1) is 13.1. The zero-order valence-electron chi connectivity index (χ0n) is 11.1. The van der Waals surface area contributed by atoms with Gasteiger partial charge in [-0.3, -0.25) is 9.78 Å². The maximum absolute atomic E-state index is 12.0. The lowest BCUT2D eigenvalue weighted by atomic mass is 10.2. The van der Waals surface area contributed by atoms with Crippen molar-refractivity contribution in [1.82, 2.24) is 10.3 Å². The average Bonchev–Trinajstić information content (AvgIpc) is 2.46. The second kappa shape index (κ2) is 6.00. The highest BCUT2D eigenvalue weighted by atomic mass is 16.1. The zero-order chi connectivity index (χ0) is 13.7. The van der Waals surface area contributed by atoms with Crippen molar-refractivity contribution >= 4 is 11.6 Å². The van der Waals surface area contributed by atoms with Crippen molar-refractivity contribution in [3.8, 4) is 0 Å². The van der Waals surface area contributed by atoms with E-state index in [1.165, 1.54) is 0 Å². The molecule has 4 heteroatoms. The first-order valence-corrected chi connectivity index (χ1v) is 6.12. The number of carbonyl (C=O) groups excluding carboxylic acids is 1. The van der Waals surface area contributed by atoms with Crippen molar-refractivity contribution in [3.05, 3.63) is 59.9 Å². The lowest BCUT2D eigenvalue weighted by Gasteiger charge is -2.13. The summed E-state index contributed by atoms with van der Waals surface area (Å²) in [6.07, 6.45) is 1.72. The summed E-state index contributed by atoms with van der Waals surface area (Å²) in [5, 5.41) is 2.86. The molecule has 0 spiro atoms. The molecule has 4 nitrogen and oxygen atoms in total. The van der Waals surface area contributed by atoms with Crippen LogP contribution < -0.4 is 10.2 Å². The normalized spacial score (nSPS) is 10.0. The Labute approximate surface area is 113 Å². The Hall–Kier alpha value is -2.36. The molecular weight excluding hydrogens is 238 g/mol. The van der Waals surface area contributed by atoms with Crippen LogP contribution in [0.1, 0.15) is 16.1 Å². The van der Waals surface area contributed by atoms with Gasteiger partial charge in [0.05, 0.1) is 12.2 Å². The average molecular weight is 255 g/mol. The topological polar surface area (TPSA) is 45.2 Å². The second-order valence-electron chi connectivity index (χ2n) is 4.45. The molecule has 0 aliphatic carbocycles. The van der Waals surface area contributed by atoms with Gasteiger partial charge >= 0.3 is 0 Å². The van der Waals surface area contributed by atoms with E-state index in [0.29, 0.717) is 12.1 Å². The first-order chi connectivity index (χ1) is 9.16. The molecule has 2 rings (SSSR count). The van der Waals surface area contributed by atoms with Crippen LogP contribution in [0.5, 0.6) is 0 Å². The number of hydrogen-bond donors (Lipinski definition) is 1. The maximum atomic E-state index is 12.0. The summed E-state index contributed by atoms with van der Waals surface area (Å²) >= 11 is 0. The predicted octanol–water partition coefficient (Wildman–Crippen LogP) is 2.08. The Morgan fingerprint density at radius 3 is 2.74 bits per heavy atom. The van der Waals surface area contributed by atoms with Crippen LogP contribution in [-0.2, 0) is 6.54 Å². The van der Waals surface area contributed by atoms with E-state index >= 15 is 0 Å². The third-order valence-corrected chi connectivity index (χ3v) is 2.78. The maximum Gasteiger partial charge on any atom is 0.251 e. The summed E-state index contributed by atoms with van der Waals surface area (Å²) < 4.78 is 0. The molecule has 0 unspecified atom stereocenters. The predicted molar refractivity (Wildman–Crippen MR) is 76.2 cm³/mol. The number of nitrogens with one attached hydrogen (secondary N) is 1. The fraction of sp³-hybridized carbons (Fsp3) is 0.200. The van der Waals surface area contributed by atoms with Gasteiger partial charge in [0, 0.05) is 31.5 Å². The highest BCUT2D eigenvalue weighted by Crippen LogP contribution is 2.13. The highest BCUT2D eigenvalue weighted by molar-refractivity contribution is 5.95. The molecule has 0 bridgehead atoms. The molecule has 0 aliphatic heterocycles. The minimum Gasteiger partial charge on any atom is -0.378 e. The van der Waals surface area contributed by atoms with Crippen molar-refractivity contribution in [1.29, 1.82) is 0 Å². The number of amides is 1. The largest absolute Gasteiger partial charge is 0.378 e. The highest BCUT2D eigenvalue weighted by Gasteiger charge is 2.06. The lowest BCUT2D eigenvalue weighted by molar-refractivity contribution is 0.0950. The number of benzene rings is 1. The Bertz CT molecular complexity index is 552. The Kier molecular flexibility index (Phi) is 4.13. The zero-order valence-corrected chi connectivity index (χ0v) is 11.1. The summed E-state index contributed by atoms with van der Waals surface area (Å²) in [5.74, 6) is -0.0886.